The highest BCUT2D eigenvalue weighted by Crippen LogP contribution is 2.44. The van der Waals surface area contributed by atoms with Crippen LogP contribution in [0.25, 0.3) is 0 Å². The number of nitrogen functional groups attached to an aromatic ring is 1. The fourth-order valence-electron chi connectivity index (χ4n) is 1.55. The van der Waals surface area contributed by atoms with E-state index < -0.39 is 18.7 Å². The molecule has 4 nitrogen and oxygen atoms in total. The van der Waals surface area contributed by atoms with Gasteiger partial charge >= 0.3 is 12.1 Å². The maximum absolute atomic E-state index is 12.4. The maximum Gasteiger partial charge on any atom is 0.405 e. The Morgan fingerprint density at radius 1 is 1.50 bits per heavy atom. The van der Waals surface area contributed by atoms with Crippen molar-refractivity contribution < 1.29 is 22.7 Å². The molecule has 0 amide bonds. The smallest absolute Gasteiger partial charge is 0.405 e. The molecule has 1 aromatic heterocycles. The number of halogens is 3. The minimum absolute atomic E-state index is 0.139. The van der Waals surface area contributed by atoms with Crippen molar-refractivity contribution in [3.05, 3.63) is 4.88 Å². The molecule has 0 bridgehead atoms. The van der Waals surface area contributed by atoms with Gasteiger partial charge in [0.2, 0.25) is 0 Å². The summed E-state index contributed by atoms with van der Waals surface area (Å²) in [5, 5.41) is 0.315. The molecule has 20 heavy (non-hydrogen) atoms. The Morgan fingerprint density at radius 3 is 2.55 bits per heavy atom. The van der Waals surface area contributed by atoms with Crippen LogP contribution in [0.1, 0.15) is 16.6 Å². The van der Waals surface area contributed by atoms with Crippen molar-refractivity contribution >= 4 is 39.8 Å². The Bertz CT molecular complexity index is 489. The number of thioether (sulfide) groups is 1. The summed E-state index contributed by atoms with van der Waals surface area (Å²) in [5.74, 6) is -0.614. The van der Waals surface area contributed by atoms with Crippen LogP contribution in [0.15, 0.2) is 4.90 Å². The van der Waals surface area contributed by atoms with Gasteiger partial charge in [-0.05, 0) is 13.2 Å². The predicted octanol–water partition coefficient (Wildman–Crippen LogP) is 3.23. The molecule has 0 spiro atoms. The molecule has 114 valence electrons. The quantitative estimate of drug-likeness (QED) is 0.664. The molecule has 1 rings (SSSR count). The SMILES string of the molecule is CCOC(=O)c1sc(N(C)CC(F)(F)F)c(SC)c1N. The molecule has 0 aliphatic rings. The lowest BCUT2D eigenvalue weighted by molar-refractivity contribution is -0.119. The first-order chi connectivity index (χ1) is 9.21. The molecule has 0 fully saturated rings. The number of nitrogens with two attached hydrogens (primary N) is 1. The van der Waals surface area contributed by atoms with Crippen LogP contribution in [0.4, 0.5) is 23.9 Å². The average Bonchev–Trinajstić information content (AvgIpc) is 2.64. The second-order valence-electron chi connectivity index (χ2n) is 3.87. The summed E-state index contributed by atoms with van der Waals surface area (Å²) in [6, 6.07) is 0. The van der Waals surface area contributed by atoms with Gasteiger partial charge in [-0.25, -0.2) is 4.79 Å². The van der Waals surface area contributed by atoms with Crippen molar-refractivity contribution in [1.82, 2.24) is 0 Å². The molecular formula is C11H15F3N2O2S2. The van der Waals surface area contributed by atoms with Gasteiger partial charge in [0.05, 0.1) is 17.2 Å². The molecule has 1 heterocycles. The van der Waals surface area contributed by atoms with Gasteiger partial charge in [-0.2, -0.15) is 13.2 Å². The number of hydrogen-bond acceptors (Lipinski definition) is 6. The summed E-state index contributed by atoms with van der Waals surface area (Å²) in [7, 11) is 1.31. The van der Waals surface area contributed by atoms with Crippen molar-refractivity contribution in [3.63, 3.8) is 0 Å². The van der Waals surface area contributed by atoms with Crippen molar-refractivity contribution in [1.29, 1.82) is 0 Å². The van der Waals surface area contributed by atoms with E-state index in [-0.39, 0.29) is 17.2 Å². The molecule has 0 saturated carbocycles. The van der Waals surface area contributed by atoms with Crippen LogP contribution in [-0.4, -0.2) is 38.6 Å². The van der Waals surface area contributed by atoms with Gasteiger partial charge in [0.1, 0.15) is 16.4 Å². The van der Waals surface area contributed by atoms with Crippen LogP contribution < -0.4 is 10.6 Å². The normalized spacial score (nSPS) is 11.5. The van der Waals surface area contributed by atoms with Gasteiger partial charge in [0, 0.05) is 7.05 Å². The number of hydrogen-bond donors (Lipinski definition) is 1. The summed E-state index contributed by atoms with van der Waals surface area (Å²) in [6.45, 7) is 0.717. The Kier molecular flexibility index (Phi) is 5.58. The van der Waals surface area contributed by atoms with Gasteiger partial charge in [-0.15, -0.1) is 23.1 Å². The molecular weight excluding hydrogens is 313 g/mol. The molecule has 0 saturated heterocycles. The van der Waals surface area contributed by atoms with Crippen LogP contribution >= 0.6 is 23.1 Å². The first-order valence-corrected chi connectivity index (χ1v) is 7.66. The van der Waals surface area contributed by atoms with Crippen LogP contribution in [0, 0.1) is 0 Å². The van der Waals surface area contributed by atoms with Gasteiger partial charge in [0.25, 0.3) is 0 Å². The van der Waals surface area contributed by atoms with E-state index in [1.54, 1.807) is 13.2 Å². The number of rotatable bonds is 5. The van der Waals surface area contributed by atoms with E-state index in [0.29, 0.717) is 9.90 Å². The third kappa shape index (κ3) is 3.95. The first kappa shape index (κ1) is 17.0. The Balaban J connectivity index is 3.14. The summed E-state index contributed by atoms with van der Waals surface area (Å²) < 4.78 is 42.2. The van der Waals surface area contributed by atoms with Gasteiger partial charge in [-0.3, -0.25) is 0 Å². The van der Waals surface area contributed by atoms with Crippen molar-refractivity contribution in [2.45, 2.75) is 18.0 Å². The van der Waals surface area contributed by atoms with Crippen LogP contribution in [0.3, 0.4) is 0 Å². The van der Waals surface area contributed by atoms with Crippen LogP contribution in [0.2, 0.25) is 0 Å². The van der Waals surface area contributed by atoms with E-state index in [1.807, 2.05) is 0 Å². The Morgan fingerprint density at radius 2 is 2.10 bits per heavy atom. The Labute approximate surface area is 123 Å². The number of nitrogens with zero attached hydrogens (tertiary/aromatic N) is 1. The van der Waals surface area contributed by atoms with E-state index in [1.165, 1.54) is 18.8 Å². The number of carbonyl (C=O) groups excluding carboxylic acids is 1. The van der Waals surface area contributed by atoms with Crippen molar-refractivity contribution in [2.24, 2.45) is 0 Å². The molecule has 0 aromatic carbocycles. The predicted molar refractivity (Wildman–Crippen MR) is 75.8 cm³/mol. The largest absolute Gasteiger partial charge is 0.462 e. The topological polar surface area (TPSA) is 55.6 Å². The second-order valence-corrected chi connectivity index (χ2v) is 5.69. The number of alkyl halides is 3. The lowest BCUT2D eigenvalue weighted by Crippen LogP contribution is -2.30. The molecule has 0 radical (unpaired) electrons. The molecule has 0 aliphatic carbocycles. The number of carbonyl (C=O) groups is 1. The van der Waals surface area contributed by atoms with Crippen LogP contribution in [-0.2, 0) is 4.74 Å². The van der Waals surface area contributed by atoms with Crippen molar-refractivity contribution in [2.75, 3.05) is 37.1 Å². The fourth-order valence-corrected chi connectivity index (χ4v) is 3.62. The molecule has 1 aromatic rings. The van der Waals surface area contributed by atoms with E-state index in [0.717, 1.165) is 16.2 Å². The average molecular weight is 328 g/mol. The molecule has 2 N–H and O–H groups in total. The molecule has 9 heteroatoms. The van der Waals surface area contributed by atoms with E-state index in [4.69, 9.17) is 10.5 Å². The lowest BCUT2D eigenvalue weighted by Gasteiger charge is -2.20. The van der Waals surface area contributed by atoms with Gasteiger partial charge < -0.3 is 15.4 Å². The summed E-state index contributed by atoms with van der Waals surface area (Å²) in [4.78, 5) is 13.4. The zero-order valence-electron chi connectivity index (χ0n) is 11.2. The van der Waals surface area contributed by atoms with Crippen LogP contribution in [0.5, 0.6) is 0 Å². The van der Waals surface area contributed by atoms with Gasteiger partial charge in [-0.1, -0.05) is 0 Å². The van der Waals surface area contributed by atoms with E-state index >= 15 is 0 Å². The number of esters is 1. The standard InChI is InChI=1S/C11H15F3N2O2S2/c1-4-18-10(17)8-6(15)7(19-3)9(20-8)16(2)5-11(12,13)14/h4-5,15H2,1-3H3. The van der Waals surface area contributed by atoms with E-state index in [9.17, 15) is 18.0 Å². The highest BCUT2D eigenvalue weighted by molar-refractivity contribution is 7.99. The van der Waals surface area contributed by atoms with E-state index in [2.05, 4.69) is 0 Å². The molecule has 0 atom stereocenters. The highest BCUT2D eigenvalue weighted by Gasteiger charge is 2.32. The summed E-state index contributed by atoms with van der Waals surface area (Å²) >= 11 is 2.11. The third-order valence-electron chi connectivity index (χ3n) is 2.31. The molecule has 0 aliphatic heterocycles. The minimum Gasteiger partial charge on any atom is -0.462 e. The number of anilines is 2. The number of thiophene rings is 1. The second kappa shape index (κ2) is 6.57. The number of ether oxygens (including phenoxy) is 1. The Hall–Kier alpha value is -1.09. The zero-order valence-corrected chi connectivity index (χ0v) is 12.8. The first-order valence-electron chi connectivity index (χ1n) is 5.62. The summed E-state index contributed by atoms with van der Waals surface area (Å²) in [5.41, 5.74) is 6.00. The highest BCUT2D eigenvalue weighted by atomic mass is 32.2. The maximum atomic E-state index is 12.4. The van der Waals surface area contributed by atoms with Crippen molar-refractivity contribution in [3.8, 4) is 0 Å². The summed E-state index contributed by atoms with van der Waals surface area (Å²) in [6.07, 6.45) is -2.63. The molecule has 0 unspecified atom stereocenters. The fraction of sp³-hybridized carbons (Fsp3) is 0.545. The minimum atomic E-state index is -4.33. The lowest BCUT2D eigenvalue weighted by atomic mass is 10.4. The zero-order chi connectivity index (χ0) is 15.5. The monoisotopic (exact) mass is 328 g/mol. The van der Waals surface area contributed by atoms with Gasteiger partial charge in [0.15, 0.2) is 0 Å². The third-order valence-corrected chi connectivity index (χ3v) is 4.56.